The number of rotatable bonds is 1. The van der Waals surface area contributed by atoms with Crippen LogP contribution in [0.3, 0.4) is 0 Å². The lowest BCUT2D eigenvalue weighted by molar-refractivity contribution is 1.26. The Bertz CT molecular complexity index is 802. The maximum atomic E-state index is 4.61. The van der Waals surface area contributed by atoms with Crippen LogP contribution in [0, 0.1) is 0 Å². The van der Waals surface area contributed by atoms with Crippen molar-refractivity contribution >= 4 is 12.6 Å². The van der Waals surface area contributed by atoms with E-state index in [9.17, 15) is 0 Å². The minimum atomic E-state index is 1.02. The van der Waals surface area contributed by atoms with Gasteiger partial charge in [0.25, 0.3) is 0 Å². The first-order chi connectivity index (χ1) is 9.84. The maximum absolute atomic E-state index is 4.61. The van der Waals surface area contributed by atoms with Gasteiger partial charge in [0.15, 0.2) is 0 Å². The molecule has 0 spiro atoms. The standard InChI is InChI=1S/C19H14S/c20-19-11-4-3-8-17(19)16-10-5-9-15-14-7-2-1-6-13(14)12-18(15)16/h1-11,20H,12H2. The lowest BCUT2D eigenvalue weighted by Gasteiger charge is -2.10. The van der Waals surface area contributed by atoms with E-state index in [1.165, 1.54) is 33.4 Å². The van der Waals surface area contributed by atoms with E-state index in [0.717, 1.165) is 11.3 Å². The van der Waals surface area contributed by atoms with E-state index in [2.05, 4.69) is 73.3 Å². The van der Waals surface area contributed by atoms with Crippen molar-refractivity contribution in [2.24, 2.45) is 0 Å². The van der Waals surface area contributed by atoms with Crippen LogP contribution < -0.4 is 0 Å². The second-order valence-electron chi connectivity index (χ2n) is 5.18. The Morgan fingerprint density at radius 2 is 1.20 bits per heavy atom. The normalized spacial score (nSPS) is 12.1. The Labute approximate surface area is 124 Å². The molecule has 20 heavy (non-hydrogen) atoms. The molecule has 3 aromatic rings. The van der Waals surface area contributed by atoms with Gasteiger partial charge in [0, 0.05) is 4.90 Å². The van der Waals surface area contributed by atoms with Crippen LogP contribution >= 0.6 is 12.6 Å². The van der Waals surface area contributed by atoms with E-state index in [4.69, 9.17) is 0 Å². The topological polar surface area (TPSA) is 0 Å². The second kappa shape index (κ2) is 4.53. The summed E-state index contributed by atoms with van der Waals surface area (Å²) >= 11 is 4.61. The van der Waals surface area contributed by atoms with Crippen LogP contribution in [-0.4, -0.2) is 0 Å². The van der Waals surface area contributed by atoms with Crippen LogP contribution in [-0.2, 0) is 6.42 Å². The summed E-state index contributed by atoms with van der Waals surface area (Å²) in [7, 11) is 0. The molecule has 96 valence electrons. The summed E-state index contributed by atoms with van der Waals surface area (Å²) in [5.41, 5.74) is 8.13. The summed E-state index contributed by atoms with van der Waals surface area (Å²) in [5, 5.41) is 0. The minimum Gasteiger partial charge on any atom is -0.143 e. The smallest absolute Gasteiger partial charge is 0.0119 e. The fraction of sp³-hybridized carbons (Fsp3) is 0.0526. The van der Waals surface area contributed by atoms with Crippen LogP contribution in [0.1, 0.15) is 11.1 Å². The molecule has 0 heterocycles. The van der Waals surface area contributed by atoms with E-state index >= 15 is 0 Å². The Morgan fingerprint density at radius 1 is 0.600 bits per heavy atom. The summed E-state index contributed by atoms with van der Waals surface area (Å²) in [5.74, 6) is 0. The van der Waals surface area contributed by atoms with Gasteiger partial charge < -0.3 is 0 Å². The summed E-state index contributed by atoms with van der Waals surface area (Å²) in [6.07, 6.45) is 1.02. The van der Waals surface area contributed by atoms with Crippen molar-refractivity contribution in [3.05, 3.63) is 77.9 Å². The molecule has 0 radical (unpaired) electrons. The molecular weight excluding hydrogens is 260 g/mol. The van der Waals surface area contributed by atoms with Gasteiger partial charge in [-0.15, -0.1) is 12.6 Å². The Morgan fingerprint density at radius 3 is 2.00 bits per heavy atom. The van der Waals surface area contributed by atoms with E-state index in [-0.39, 0.29) is 0 Å². The van der Waals surface area contributed by atoms with Gasteiger partial charge in [0.1, 0.15) is 0 Å². The summed E-state index contributed by atoms with van der Waals surface area (Å²) < 4.78 is 0. The first-order valence-corrected chi connectivity index (χ1v) is 7.28. The Kier molecular flexibility index (Phi) is 2.68. The molecule has 0 aromatic heterocycles. The number of benzene rings is 3. The van der Waals surface area contributed by atoms with E-state index in [0.29, 0.717) is 0 Å². The lowest BCUT2D eigenvalue weighted by Crippen LogP contribution is -1.88. The SMILES string of the molecule is Sc1ccccc1-c1cccc2c1Cc1ccccc1-2. The van der Waals surface area contributed by atoms with Gasteiger partial charge >= 0.3 is 0 Å². The average molecular weight is 274 g/mol. The molecule has 3 aromatic carbocycles. The highest BCUT2D eigenvalue weighted by molar-refractivity contribution is 7.80. The average Bonchev–Trinajstić information content (AvgIpc) is 2.86. The van der Waals surface area contributed by atoms with Gasteiger partial charge in [0.2, 0.25) is 0 Å². The molecule has 0 saturated heterocycles. The number of hydrogen-bond donors (Lipinski definition) is 1. The van der Waals surface area contributed by atoms with Crippen LogP contribution in [0.2, 0.25) is 0 Å². The third kappa shape index (κ3) is 1.70. The van der Waals surface area contributed by atoms with E-state index in [1.54, 1.807) is 0 Å². The highest BCUT2D eigenvalue weighted by atomic mass is 32.1. The van der Waals surface area contributed by atoms with Crippen molar-refractivity contribution in [3.8, 4) is 22.3 Å². The number of thiol groups is 1. The van der Waals surface area contributed by atoms with Crippen LogP contribution in [0.4, 0.5) is 0 Å². The molecule has 0 unspecified atom stereocenters. The molecule has 0 bridgehead atoms. The van der Waals surface area contributed by atoms with Gasteiger partial charge in [-0.05, 0) is 45.9 Å². The van der Waals surface area contributed by atoms with Crippen LogP contribution in [0.15, 0.2) is 71.6 Å². The summed E-state index contributed by atoms with van der Waals surface area (Å²) in [6, 6.07) is 23.6. The minimum absolute atomic E-state index is 1.02. The first-order valence-electron chi connectivity index (χ1n) is 6.83. The molecule has 1 aliphatic carbocycles. The molecule has 1 heteroatoms. The monoisotopic (exact) mass is 274 g/mol. The van der Waals surface area contributed by atoms with Gasteiger partial charge in [-0.3, -0.25) is 0 Å². The first kappa shape index (κ1) is 11.8. The molecule has 0 N–H and O–H groups in total. The zero-order valence-electron chi connectivity index (χ0n) is 11.0. The largest absolute Gasteiger partial charge is 0.143 e. The lowest BCUT2D eigenvalue weighted by atomic mass is 9.96. The fourth-order valence-electron chi connectivity index (χ4n) is 3.11. The molecule has 1 aliphatic rings. The maximum Gasteiger partial charge on any atom is 0.0119 e. The molecule has 0 saturated carbocycles. The van der Waals surface area contributed by atoms with E-state index in [1.807, 2.05) is 6.07 Å². The summed E-state index contributed by atoms with van der Waals surface area (Å²) in [4.78, 5) is 1.04. The van der Waals surface area contributed by atoms with Gasteiger partial charge in [-0.2, -0.15) is 0 Å². The zero-order chi connectivity index (χ0) is 13.5. The fourth-order valence-corrected chi connectivity index (χ4v) is 3.39. The quantitative estimate of drug-likeness (QED) is 0.452. The molecule has 0 fully saturated rings. The van der Waals surface area contributed by atoms with Crippen LogP contribution in [0.5, 0.6) is 0 Å². The highest BCUT2D eigenvalue weighted by Crippen LogP contribution is 2.42. The third-order valence-electron chi connectivity index (χ3n) is 4.05. The van der Waals surface area contributed by atoms with Gasteiger partial charge in [-0.25, -0.2) is 0 Å². The van der Waals surface area contributed by atoms with Gasteiger partial charge in [0.05, 0.1) is 0 Å². The second-order valence-corrected chi connectivity index (χ2v) is 5.66. The van der Waals surface area contributed by atoms with Crippen molar-refractivity contribution in [2.75, 3.05) is 0 Å². The van der Waals surface area contributed by atoms with E-state index < -0.39 is 0 Å². The molecule has 0 nitrogen and oxygen atoms in total. The predicted octanol–water partition coefficient (Wildman–Crippen LogP) is 5.21. The van der Waals surface area contributed by atoms with Crippen molar-refractivity contribution in [2.45, 2.75) is 11.3 Å². The van der Waals surface area contributed by atoms with Crippen molar-refractivity contribution in [1.29, 1.82) is 0 Å². The molecule has 4 rings (SSSR count). The molecule has 0 amide bonds. The Hall–Kier alpha value is -1.99. The molecule has 0 aliphatic heterocycles. The van der Waals surface area contributed by atoms with Crippen LogP contribution in [0.25, 0.3) is 22.3 Å². The Balaban J connectivity index is 1.97. The number of hydrogen-bond acceptors (Lipinski definition) is 1. The highest BCUT2D eigenvalue weighted by Gasteiger charge is 2.21. The van der Waals surface area contributed by atoms with Crippen molar-refractivity contribution in [3.63, 3.8) is 0 Å². The van der Waals surface area contributed by atoms with Gasteiger partial charge in [-0.1, -0.05) is 60.7 Å². The predicted molar refractivity (Wildman–Crippen MR) is 87.4 cm³/mol. The molecular formula is C19H14S. The zero-order valence-corrected chi connectivity index (χ0v) is 11.9. The van der Waals surface area contributed by atoms with Crippen molar-refractivity contribution in [1.82, 2.24) is 0 Å². The third-order valence-corrected chi connectivity index (χ3v) is 4.43. The number of fused-ring (bicyclic) bond motifs is 3. The summed E-state index contributed by atoms with van der Waals surface area (Å²) in [6.45, 7) is 0. The van der Waals surface area contributed by atoms with Crippen molar-refractivity contribution < 1.29 is 0 Å². The molecule has 0 atom stereocenters.